The van der Waals surface area contributed by atoms with Gasteiger partial charge >= 0.3 is 80.4 Å². The second kappa shape index (κ2) is 7.59. The minimum absolute atomic E-state index is 0.161. The summed E-state index contributed by atoms with van der Waals surface area (Å²) in [5, 5.41) is 0. The average molecular weight is 253 g/mol. The third-order valence-corrected chi connectivity index (χ3v) is 31.9. The Balaban J connectivity index is 3.58. The molecule has 0 atom stereocenters. The maximum atomic E-state index is 2.42. The Morgan fingerprint density at radius 1 is 0.727 bits per heavy atom. The third kappa shape index (κ3) is 5.23. The first-order valence-corrected chi connectivity index (χ1v) is 15.1. The van der Waals surface area contributed by atoms with Crippen LogP contribution in [0.5, 0.6) is 0 Å². The molecular formula is C8H22SeSi2. The van der Waals surface area contributed by atoms with Crippen molar-refractivity contribution < 1.29 is 0 Å². The molecule has 0 saturated carbocycles. The van der Waals surface area contributed by atoms with Crippen molar-refractivity contribution in [3.63, 3.8) is 0 Å². The summed E-state index contributed by atoms with van der Waals surface area (Å²) in [6.45, 7) is 9.66. The molecule has 11 heavy (non-hydrogen) atoms. The van der Waals surface area contributed by atoms with E-state index in [-0.39, 0.29) is 14.8 Å². The van der Waals surface area contributed by atoms with E-state index in [0.717, 1.165) is 0 Å². The zero-order valence-electron chi connectivity index (χ0n) is 8.39. The molecule has 0 aromatic heterocycles. The van der Waals surface area contributed by atoms with E-state index in [4.69, 9.17) is 0 Å². The molecule has 0 aliphatic heterocycles. The van der Waals surface area contributed by atoms with Gasteiger partial charge in [0.25, 0.3) is 0 Å². The van der Waals surface area contributed by atoms with Crippen LogP contribution < -0.4 is 0 Å². The van der Waals surface area contributed by atoms with E-state index in [0.29, 0.717) is 0 Å². The Bertz CT molecular complexity index is 70.2. The third-order valence-electron chi connectivity index (χ3n) is 2.21. The van der Waals surface area contributed by atoms with Crippen molar-refractivity contribution >= 4 is 28.5 Å². The minimum atomic E-state index is -0.161. The molecule has 68 valence electrons. The van der Waals surface area contributed by atoms with Crippen LogP contribution in [0.25, 0.3) is 0 Å². The summed E-state index contributed by atoms with van der Waals surface area (Å²) in [4.78, 5) is 0. The van der Waals surface area contributed by atoms with E-state index in [1.807, 2.05) is 0 Å². The zero-order chi connectivity index (χ0) is 8.69. The Kier molecular flexibility index (Phi) is 8.25. The van der Waals surface area contributed by atoms with E-state index in [1.165, 1.54) is 13.7 Å². The zero-order valence-corrected chi connectivity index (χ0v) is 12.4. The van der Waals surface area contributed by atoms with Crippen molar-refractivity contribution in [3.05, 3.63) is 0 Å². The summed E-state index contributed by atoms with van der Waals surface area (Å²) >= 11 is 1.19. The normalized spacial score (nSPS) is 11.5. The van der Waals surface area contributed by atoms with Crippen molar-refractivity contribution in [2.24, 2.45) is 0 Å². The van der Waals surface area contributed by atoms with Crippen LogP contribution in [0, 0.1) is 0 Å². The topological polar surface area (TPSA) is 0 Å². The summed E-state index contributed by atoms with van der Waals surface area (Å²) in [6.07, 6.45) is 0. The maximum absolute atomic E-state index is 2.42. The van der Waals surface area contributed by atoms with Crippen molar-refractivity contribution in [1.29, 1.82) is 0 Å². The summed E-state index contributed by atoms with van der Waals surface area (Å²) in [7, 11) is -0.322. The molecule has 0 aliphatic rings. The Morgan fingerprint density at radius 2 is 1.00 bits per heavy atom. The molecule has 0 amide bonds. The predicted molar refractivity (Wildman–Crippen MR) is 62.0 cm³/mol. The Morgan fingerprint density at radius 3 is 1.18 bits per heavy atom. The van der Waals surface area contributed by atoms with Gasteiger partial charge in [-0.15, -0.1) is 0 Å². The van der Waals surface area contributed by atoms with Gasteiger partial charge in [-0.3, -0.25) is 0 Å². The SMILES string of the molecule is CC[SiH](CC)[Se][SiH](CC)CC. The van der Waals surface area contributed by atoms with Crippen molar-refractivity contribution in [2.75, 3.05) is 0 Å². The van der Waals surface area contributed by atoms with Gasteiger partial charge in [0.1, 0.15) is 0 Å². The molecule has 3 heteroatoms. The molecule has 0 aliphatic carbocycles. The van der Waals surface area contributed by atoms with Crippen LogP contribution in [0.4, 0.5) is 0 Å². The van der Waals surface area contributed by atoms with Gasteiger partial charge < -0.3 is 0 Å². The fourth-order valence-electron chi connectivity index (χ4n) is 1.23. The summed E-state index contributed by atoms with van der Waals surface area (Å²) in [5.41, 5.74) is 0. The fourth-order valence-corrected chi connectivity index (χ4v) is 32.5. The van der Waals surface area contributed by atoms with E-state index < -0.39 is 0 Å². The molecule has 0 aromatic carbocycles. The Hall–Kier alpha value is 0.953. The molecule has 0 N–H and O–H groups in total. The van der Waals surface area contributed by atoms with Crippen LogP contribution in [0.3, 0.4) is 0 Å². The summed E-state index contributed by atoms with van der Waals surface area (Å²) in [6, 6.07) is 6.28. The molecule has 0 rings (SSSR count). The second-order valence-corrected chi connectivity index (χ2v) is 23.4. The molecule has 0 bridgehead atoms. The van der Waals surface area contributed by atoms with Crippen LogP contribution in [-0.4, -0.2) is 28.5 Å². The van der Waals surface area contributed by atoms with Crippen LogP contribution in [0.1, 0.15) is 27.7 Å². The first kappa shape index (κ1) is 12.0. The van der Waals surface area contributed by atoms with Crippen LogP contribution in [0.15, 0.2) is 0 Å². The molecule has 0 spiro atoms. The van der Waals surface area contributed by atoms with Gasteiger partial charge in [-0.05, 0) is 0 Å². The van der Waals surface area contributed by atoms with Gasteiger partial charge in [0.2, 0.25) is 0 Å². The van der Waals surface area contributed by atoms with Crippen molar-refractivity contribution in [1.82, 2.24) is 0 Å². The first-order valence-electron chi connectivity index (χ1n) is 4.93. The van der Waals surface area contributed by atoms with E-state index in [9.17, 15) is 0 Å². The number of hydrogen-bond donors (Lipinski definition) is 0. The molecule has 0 nitrogen and oxygen atoms in total. The Labute approximate surface area is 80.4 Å². The summed E-state index contributed by atoms with van der Waals surface area (Å²) in [5.74, 6) is 0. The number of rotatable bonds is 6. The monoisotopic (exact) mass is 254 g/mol. The second-order valence-electron chi connectivity index (χ2n) is 3.01. The standard InChI is InChI=1S/C8H22SeSi2/c1-5-10(6-2)9-11(7-3)8-4/h10-11H,5-8H2,1-4H3. The quantitative estimate of drug-likeness (QED) is 0.637. The summed E-state index contributed by atoms with van der Waals surface area (Å²) < 4.78 is 0. The molecular weight excluding hydrogens is 231 g/mol. The van der Waals surface area contributed by atoms with E-state index in [1.54, 1.807) is 24.2 Å². The molecule has 0 fully saturated rings. The van der Waals surface area contributed by atoms with Gasteiger partial charge in [0.05, 0.1) is 0 Å². The first-order chi connectivity index (χ1) is 5.28. The van der Waals surface area contributed by atoms with Crippen LogP contribution >= 0.6 is 0 Å². The molecule has 0 aromatic rings. The fraction of sp³-hybridized carbons (Fsp3) is 1.00. The van der Waals surface area contributed by atoms with Gasteiger partial charge in [-0.25, -0.2) is 0 Å². The predicted octanol–water partition coefficient (Wildman–Crippen LogP) is 2.22. The molecule has 0 saturated heterocycles. The average Bonchev–Trinajstić information content (AvgIpc) is 2.07. The van der Waals surface area contributed by atoms with Crippen molar-refractivity contribution in [3.8, 4) is 0 Å². The van der Waals surface area contributed by atoms with Gasteiger partial charge in [-0.1, -0.05) is 0 Å². The van der Waals surface area contributed by atoms with Gasteiger partial charge in [0.15, 0.2) is 0 Å². The van der Waals surface area contributed by atoms with E-state index in [2.05, 4.69) is 27.7 Å². The van der Waals surface area contributed by atoms with Crippen LogP contribution in [-0.2, 0) is 0 Å². The number of hydrogen-bond acceptors (Lipinski definition) is 0. The molecule has 0 unspecified atom stereocenters. The van der Waals surface area contributed by atoms with E-state index >= 15 is 0 Å². The molecule has 0 heterocycles. The van der Waals surface area contributed by atoms with Gasteiger partial charge in [-0.2, -0.15) is 0 Å². The van der Waals surface area contributed by atoms with Crippen molar-refractivity contribution in [2.45, 2.75) is 51.9 Å². The van der Waals surface area contributed by atoms with Crippen LogP contribution in [0.2, 0.25) is 24.2 Å². The van der Waals surface area contributed by atoms with Gasteiger partial charge in [0, 0.05) is 0 Å². The molecule has 0 radical (unpaired) electrons.